The van der Waals surface area contributed by atoms with Gasteiger partial charge in [-0.2, -0.15) is 0 Å². The van der Waals surface area contributed by atoms with E-state index < -0.39 is 29.1 Å². The number of nitrogens with zero attached hydrogens (tertiary/aromatic N) is 2. The first kappa shape index (κ1) is 28.1. The molecule has 0 spiro atoms. The van der Waals surface area contributed by atoms with Gasteiger partial charge in [0.2, 0.25) is 5.91 Å². The summed E-state index contributed by atoms with van der Waals surface area (Å²) in [5.74, 6) is -1.15. The van der Waals surface area contributed by atoms with Gasteiger partial charge in [-0.05, 0) is 94.1 Å². The molecule has 1 fully saturated rings. The highest BCUT2D eigenvalue weighted by Crippen LogP contribution is 2.42. The van der Waals surface area contributed by atoms with E-state index in [1.54, 1.807) is 23.7 Å². The standard InChI is InChI=1S/C28H31ClF3N3O3/c1-38-21-4-5-25-22(16-21)26(23(29)17-33-25)24(32)6-7-28(27(36)34-37)8-11-35(12-9-28)10-2-3-18-13-19(30)15-20(31)14-18/h4-5,13-17,24,37H,2-3,6-12H2,1H3,(H,34,36)/t24-/m1/s1. The molecule has 0 radical (unpaired) electrons. The average molecular weight is 550 g/mol. The number of fused-ring (bicyclic) bond motifs is 1. The van der Waals surface area contributed by atoms with Crippen molar-refractivity contribution < 1.29 is 27.9 Å². The molecule has 0 saturated carbocycles. The molecule has 204 valence electrons. The molecular weight excluding hydrogens is 519 g/mol. The maximum Gasteiger partial charge on any atom is 0.249 e. The molecule has 2 heterocycles. The van der Waals surface area contributed by atoms with Crippen LogP contribution in [0.2, 0.25) is 5.02 Å². The number of hydrogen-bond acceptors (Lipinski definition) is 5. The molecule has 2 aromatic carbocycles. The van der Waals surface area contributed by atoms with E-state index in [-0.39, 0.29) is 17.9 Å². The van der Waals surface area contributed by atoms with Crippen LogP contribution in [0.1, 0.15) is 49.4 Å². The van der Waals surface area contributed by atoms with Crippen LogP contribution in [0.25, 0.3) is 10.9 Å². The summed E-state index contributed by atoms with van der Waals surface area (Å²) in [5.41, 5.74) is 2.35. The number of aryl methyl sites for hydroxylation is 1. The third-order valence-electron chi connectivity index (χ3n) is 7.52. The lowest BCUT2D eigenvalue weighted by Crippen LogP contribution is -2.48. The van der Waals surface area contributed by atoms with Crippen molar-refractivity contribution in [1.29, 1.82) is 0 Å². The molecule has 1 aromatic heterocycles. The molecule has 10 heteroatoms. The summed E-state index contributed by atoms with van der Waals surface area (Å²) in [7, 11) is 1.52. The van der Waals surface area contributed by atoms with Gasteiger partial charge in [-0.3, -0.25) is 15.0 Å². The first-order valence-electron chi connectivity index (χ1n) is 12.6. The highest BCUT2D eigenvalue weighted by Gasteiger charge is 2.41. The molecule has 1 saturated heterocycles. The molecular formula is C28H31ClF3N3O3. The minimum absolute atomic E-state index is 0.0363. The van der Waals surface area contributed by atoms with Gasteiger partial charge in [0.15, 0.2) is 0 Å². The summed E-state index contributed by atoms with van der Waals surface area (Å²) >= 11 is 6.36. The van der Waals surface area contributed by atoms with Crippen molar-refractivity contribution in [3.8, 4) is 5.75 Å². The number of halogens is 4. The average Bonchev–Trinajstić information content (AvgIpc) is 2.91. The van der Waals surface area contributed by atoms with Crippen LogP contribution in [0, 0.1) is 17.0 Å². The maximum atomic E-state index is 15.7. The van der Waals surface area contributed by atoms with Crippen molar-refractivity contribution >= 4 is 28.4 Å². The monoisotopic (exact) mass is 549 g/mol. The zero-order chi connectivity index (χ0) is 27.3. The Balaban J connectivity index is 1.39. The van der Waals surface area contributed by atoms with Gasteiger partial charge in [0.05, 0.1) is 23.1 Å². The number of amides is 1. The molecule has 0 unspecified atom stereocenters. The van der Waals surface area contributed by atoms with E-state index in [4.69, 9.17) is 16.3 Å². The van der Waals surface area contributed by atoms with E-state index in [0.29, 0.717) is 73.1 Å². The van der Waals surface area contributed by atoms with Crippen LogP contribution in [-0.2, 0) is 11.2 Å². The first-order chi connectivity index (χ1) is 18.2. The van der Waals surface area contributed by atoms with Gasteiger partial charge in [0.25, 0.3) is 0 Å². The molecule has 0 bridgehead atoms. The number of pyridine rings is 1. The number of carbonyl (C=O) groups excluding carboxylic acids is 1. The van der Waals surface area contributed by atoms with E-state index in [1.165, 1.54) is 25.4 Å². The lowest BCUT2D eigenvalue weighted by molar-refractivity contribution is -0.143. The van der Waals surface area contributed by atoms with Gasteiger partial charge in [-0.15, -0.1) is 0 Å². The van der Waals surface area contributed by atoms with Crippen LogP contribution in [-0.4, -0.2) is 47.7 Å². The Kier molecular flexibility index (Phi) is 9.12. The van der Waals surface area contributed by atoms with Crippen LogP contribution in [0.3, 0.4) is 0 Å². The molecule has 3 aromatic rings. The fourth-order valence-corrected chi connectivity index (χ4v) is 5.61. The largest absolute Gasteiger partial charge is 0.497 e. The molecule has 6 nitrogen and oxygen atoms in total. The fraction of sp³-hybridized carbons (Fsp3) is 0.429. The van der Waals surface area contributed by atoms with Gasteiger partial charge in [0, 0.05) is 23.2 Å². The Morgan fingerprint density at radius 2 is 1.92 bits per heavy atom. The second kappa shape index (κ2) is 12.3. The number of rotatable bonds is 10. The van der Waals surface area contributed by atoms with Gasteiger partial charge in [-0.25, -0.2) is 18.7 Å². The van der Waals surface area contributed by atoms with Crippen LogP contribution in [0.4, 0.5) is 13.2 Å². The Hall–Kier alpha value is -2.88. The minimum atomic E-state index is -1.45. The number of aromatic nitrogens is 1. The van der Waals surface area contributed by atoms with Crippen LogP contribution in [0.5, 0.6) is 5.75 Å². The van der Waals surface area contributed by atoms with Crippen molar-refractivity contribution in [3.63, 3.8) is 0 Å². The lowest BCUT2D eigenvalue weighted by atomic mass is 9.73. The number of hydrogen-bond donors (Lipinski definition) is 2. The highest BCUT2D eigenvalue weighted by atomic mass is 35.5. The van der Waals surface area contributed by atoms with Crippen LogP contribution >= 0.6 is 11.6 Å². The zero-order valence-electron chi connectivity index (χ0n) is 21.2. The van der Waals surface area contributed by atoms with Crippen molar-refractivity contribution in [3.05, 3.63) is 70.4 Å². The number of ether oxygens (including phenoxy) is 1. The van der Waals surface area contributed by atoms with Crippen molar-refractivity contribution in [1.82, 2.24) is 15.4 Å². The summed E-state index contributed by atoms with van der Waals surface area (Å²) in [4.78, 5) is 19.2. The summed E-state index contributed by atoms with van der Waals surface area (Å²) < 4.78 is 47.8. The molecule has 1 atom stereocenters. The topological polar surface area (TPSA) is 74.7 Å². The number of alkyl halides is 1. The van der Waals surface area contributed by atoms with Gasteiger partial charge in [0.1, 0.15) is 23.6 Å². The smallest absolute Gasteiger partial charge is 0.249 e. The highest BCUT2D eigenvalue weighted by molar-refractivity contribution is 6.32. The first-order valence-corrected chi connectivity index (χ1v) is 13.0. The van der Waals surface area contributed by atoms with E-state index in [2.05, 4.69) is 9.88 Å². The van der Waals surface area contributed by atoms with Crippen molar-refractivity contribution in [2.45, 2.75) is 44.7 Å². The molecule has 1 amide bonds. The Morgan fingerprint density at radius 3 is 2.58 bits per heavy atom. The summed E-state index contributed by atoms with van der Waals surface area (Å²) in [5, 5.41) is 10.2. The van der Waals surface area contributed by atoms with Gasteiger partial charge in [-0.1, -0.05) is 11.6 Å². The Bertz CT molecular complexity index is 1260. The molecule has 1 aliphatic heterocycles. The number of likely N-dealkylation sites (tertiary alicyclic amines) is 1. The molecule has 1 aliphatic rings. The van der Waals surface area contributed by atoms with Crippen molar-refractivity contribution in [2.24, 2.45) is 5.41 Å². The second-order valence-electron chi connectivity index (χ2n) is 9.85. The summed E-state index contributed by atoms with van der Waals surface area (Å²) in [6.45, 7) is 1.86. The molecule has 2 N–H and O–H groups in total. The minimum Gasteiger partial charge on any atom is -0.497 e. The van der Waals surface area contributed by atoms with Crippen molar-refractivity contribution in [2.75, 3.05) is 26.7 Å². The molecule has 38 heavy (non-hydrogen) atoms. The normalized spacial score (nSPS) is 16.4. The predicted molar refractivity (Wildman–Crippen MR) is 139 cm³/mol. The number of carbonyl (C=O) groups is 1. The second-order valence-corrected chi connectivity index (χ2v) is 10.3. The van der Waals surface area contributed by atoms with Gasteiger partial charge >= 0.3 is 0 Å². The lowest BCUT2D eigenvalue weighted by Gasteiger charge is -2.40. The predicted octanol–water partition coefficient (Wildman–Crippen LogP) is 6.19. The quantitative estimate of drug-likeness (QED) is 0.233. The number of piperidine rings is 1. The van der Waals surface area contributed by atoms with E-state index in [9.17, 15) is 18.8 Å². The zero-order valence-corrected chi connectivity index (χ0v) is 21.9. The Morgan fingerprint density at radius 1 is 1.21 bits per heavy atom. The van der Waals surface area contributed by atoms with E-state index >= 15 is 4.39 Å². The van der Waals surface area contributed by atoms with Crippen LogP contribution < -0.4 is 10.2 Å². The third-order valence-corrected chi connectivity index (χ3v) is 7.82. The Labute approximate surface area is 224 Å². The number of methoxy groups -OCH3 is 1. The molecule has 4 rings (SSSR count). The summed E-state index contributed by atoms with van der Waals surface area (Å²) in [6, 6.07) is 8.69. The number of benzene rings is 2. The molecule has 0 aliphatic carbocycles. The maximum absolute atomic E-state index is 15.7. The SMILES string of the molecule is COc1ccc2ncc(Cl)c([C@H](F)CCC3(C(=O)NO)CCN(CCCc4cc(F)cc(F)c4)CC3)c2c1. The van der Waals surface area contributed by atoms with Gasteiger partial charge < -0.3 is 9.64 Å². The van der Waals surface area contributed by atoms with E-state index in [0.717, 1.165) is 6.07 Å². The van der Waals surface area contributed by atoms with E-state index in [1.807, 2.05) is 0 Å². The number of hydroxylamine groups is 1. The summed E-state index contributed by atoms with van der Waals surface area (Å²) in [6.07, 6.45) is 2.35. The fourth-order valence-electron chi connectivity index (χ4n) is 5.34. The number of nitrogens with one attached hydrogen (secondary N) is 1. The van der Waals surface area contributed by atoms with Crippen LogP contribution in [0.15, 0.2) is 42.6 Å². The third kappa shape index (κ3) is 6.39.